The van der Waals surface area contributed by atoms with Gasteiger partial charge in [0.05, 0.1) is 12.8 Å². The molecule has 2 aromatic rings. The molecule has 5 atom stereocenters. The molecule has 42 heavy (non-hydrogen) atoms. The number of ether oxygens (including phenoxy) is 2. The molecule has 13 heteroatoms. The average molecular weight is 619 g/mol. The highest BCUT2D eigenvalue weighted by atomic mass is 28.4. The van der Waals surface area contributed by atoms with E-state index in [4.69, 9.17) is 13.9 Å². The number of halogens is 6. The summed E-state index contributed by atoms with van der Waals surface area (Å²) in [7, 11) is -1.35. The van der Waals surface area contributed by atoms with E-state index in [0.29, 0.717) is 0 Å². The molecule has 1 saturated carbocycles. The van der Waals surface area contributed by atoms with Crippen molar-refractivity contribution >= 4 is 19.9 Å². The first-order valence-electron chi connectivity index (χ1n) is 13.6. The van der Waals surface area contributed by atoms with Gasteiger partial charge in [-0.1, -0.05) is 33.8 Å². The molecule has 6 nitrogen and oxygen atoms in total. The maximum atomic E-state index is 14.7. The number of anilines is 1. The molecule has 0 spiro atoms. The van der Waals surface area contributed by atoms with Gasteiger partial charge in [-0.2, -0.15) is 17.6 Å². The van der Waals surface area contributed by atoms with Crippen LogP contribution in [0.3, 0.4) is 0 Å². The smallest absolute Gasteiger partial charge is 0.418 e. The van der Waals surface area contributed by atoms with Crippen LogP contribution in [0.4, 0.5) is 32.0 Å². The van der Waals surface area contributed by atoms with E-state index in [1.807, 2.05) is 33.9 Å². The molecule has 1 aromatic carbocycles. The Morgan fingerprint density at radius 3 is 2.38 bits per heavy atom. The van der Waals surface area contributed by atoms with Crippen molar-refractivity contribution in [3.8, 4) is 5.75 Å². The average Bonchev–Trinajstić information content (AvgIpc) is 3.07. The Balaban J connectivity index is 1.70. The van der Waals surface area contributed by atoms with Crippen molar-refractivity contribution in [1.29, 1.82) is 0 Å². The Hall–Kier alpha value is -2.64. The van der Waals surface area contributed by atoms with E-state index in [1.54, 1.807) is 0 Å². The van der Waals surface area contributed by atoms with Crippen molar-refractivity contribution in [3.05, 3.63) is 53.4 Å². The number of carbonyl (C=O) groups excluding carboxylic acids is 1. The van der Waals surface area contributed by atoms with Crippen LogP contribution in [0.25, 0.3) is 0 Å². The van der Waals surface area contributed by atoms with Gasteiger partial charge in [0.25, 0.3) is 5.91 Å². The lowest BCUT2D eigenvalue weighted by Gasteiger charge is -2.54. The third-order valence-corrected chi connectivity index (χ3v) is 13.8. The molecule has 0 radical (unpaired) electrons. The first-order valence-corrected chi connectivity index (χ1v) is 16.5. The second-order valence-electron chi connectivity index (χ2n) is 12.7. The number of pyridine rings is 1. The normalized spacial score (nSPS) is 26.8. The lowest BCUT2D eigenvalue weighted by molar-refractivity contribution is -0.328. The van der Waals surface area contributed by atoms with Gasteiger partial charge in [-0.3, -0.25) is 9.78 Å². The quantitative estimate of drug-likeness (QED) is 0.244. The van der Waals surface area contributed by atoms with E-state index >= 15 is 0 Å². The molecule has 1 N–H and O–H groups in total. The summed E-state index contributed by atoms with van der Waals surface area (Å²) in [6, 6.07) is 4.71. The zero-order chi connectivity index (χ0) is 31.5. The van der Waals surface area contributed by atoms with Gasteiger partial charge in [0.15, 0.2) is 25.5 Å². The molecular formula is C29H36F6N2O4Si. The molecule has 1 aromatic heterocycles. The number of aromatic nitrogens is 1. The lowest BCUT2D eigenvalue weighted by Crippen LogP contribution is -2.63. The first-order chi connectivity index (χ1) is 19.3. The third-order valence-electron chi connectivity index (χ3n) is 9.33. The summed E-state index contributed by atoms with van der Waals surface area (Å²) in [5.74, 6) is -5.49. The molecule has 2 heterocycles. The summed E-state index contributed by atoms with van der Waals surface area (Å²) in [5.41, 5.74) is -4.13. The van der Waals surface area contributed by atoms with Crippen LogP contribution < -0.4 is 10.1 Å². The number of hydrogen-bond donors (Lipinski definition) is 1. The molecule has 4 rings (SSSR count). The van der Waals surface area contributed by atoms with Crippen LogP contribution in [0.2, 0.25) is 18.1 Å². The van der Waals surface area contributed by atoms with Crippen LogP contribution in [-0.4, -0.2) is 50.9 Å². The van der Waals surface area contributed by atoms with E-state index in [-0.39, 0.29) is 28.4 Å². The highest BCUT2D eigenvalue weighted by Crippen LogP contribution is 2.71. The summed E-state index contributed by atoms with van der Waals surface area (Å²) in [4.78, 5) is 17.9. The highest BCUT2D eigenvalue weighted by molar-refractivity contribution is 6.74. The number of hydrogen-bond acceptors (Lipinski definition) is 5. The van der Waals surface area contributed by atoms with Crippen LogP contribution in [0.15, 0.2) is 30.5 Å². The molecule has 2 fully saturated rings. The molecule has 232 valence electrons. The van der Waals surface area contributed by atoms with Crippen LogP contribution >= 0.6 is 0 Å². The van der Waals surface area contributed by atoms with Gasteiger partial charge in [-0.05, 0) is 49.2 Å². The van der Waals surface area contributed by atoms with E-state index in [1.165, 1.54) is 25.3 Å². The number of fused-ring (bicyclic) bond motifs is 1. The van der Waals surface area contributed by atoms with Crippen LogP contribution in [0.5, 0.6) is 5.75 Å². The van der Waals surface area contributed by atoms with Crippen molar-refractivity contribution in [2.75, 3.05) is 19.1 Å². The number of benzene rings is 1. The highest BCUT2D eigenvalue weighted by Gasteiger charge is 2.80. The van der Waals surface area contributed by atoms with Crippen molar-refractivity contribution in [1.82, 2.24) is 4.98 Å². The summed E-state index contributed by atoms with van der Waals surface area (Å²) in [6.07, 6.45) is -6.66. The van der Waals surface area contributed by atoms with Crippen molar-refractivity contribution in [2.45, 2.75) is 88.6 Å². The Morgan fingerprint density at radius 2 is 1.86 bits per heavy atom. The Morgan fingerprint density at radius 1 is 1.19 bits per heavy atom. The molecular weight excluding hydrogens is 582 g/mol. The van der Waals surface area contributed by atoms with E-state index in [0.717, 1.165) is 19.2 Å². The fraction of sp³-hybridized carbons (Fsp3) is 0.586. The third kappa shape index (κ3) is 5.10. The number of carbonyl (C=O) groups is 1. The van der Waals surface area contributed by atoms with Crippen LogP contribution in [0, 0.1) is 17.0 Å². The lowest BCUT2D eigenvalue weighted by atomic mass is 9.51. The van der Waals surface area contributed by atoms with Crippen molar-refractivity contribution in [3.63, 3.8) is 0 Å². The van der Waals surface area contributed by atoms with Crippen molar-refractivity contribution < 1.29 is 45.0 Å². The first kappa shape index (κ1) is 32.3. The van der Waals surface area contributed by atoms with E-state index < -0.39 is 80.0 Å². The predicted octanol–water partition coefficient (Wildman–Crippen LogP) is 7.62. The van der Waals surface area contributed by atoms with Crippen LogP contribution in [0.1, 0.15) is 63.8 Å². The Kier molecular flexibility index (Phi) is 8.31. The SMILES string of the molecule is COc1c([C@H]2[C@H](C(=O)Nc3ccnc(C(CF)O[Si](C)(C)C(C)(C)C)c3)O[C@]3(C(F)(F)F)CC[C@]23C)ccc(F)c1F. The topological polar surface area (TPSA) is 69.7 Å². The minimum Gasteiger partial charge on any atom is -0.493 e. The molecule has 1 aliphatic carbocycles. The fourth-order valence-corrected chi connectivity index (χ4v) is 7.08. The number of rotatable bonds is 8. The molecule has 1 saturated heterocycles. The number of nitrogens with one attached hydrogen (secondary N) is 1. The number of alkyl halides is 4. The summed E-state index contributed by atoms with van der Waals surface area (Å²) in [5, 5.41) is 2.35. The monoisotopic (exact) mass is 618 g/mol. The van der Waals surface area contributed by atoms with E-state index in [2.05, 4.69) is 10.3 Å². The van der Waals surface area contributed by atoms with E-state index in [9.17, 15) is 31.1 Å². The van der Waals surface area contributed by atoms with Gasteiger partial charge in [-0.15, -0.1) is 0 Å². The van der Waals surface area contributed by atoms with Crippen LogP contribution in [-0.2, 0) is 14.0 Å². The molecule has 0 bridgehead atoms. The fourth-order valence-electron chi connectivity index (χ4n) is 5.83. The summed E-state index contributed by atoms with van der Waals surface area (Å²) < 4.78 is 103. The number of nitrogens with zero attached hydrogens (tertiary/aromatic N) is 1. The predicted molar refractivity (Wildman–Crippen MR) is 147 cm³/mol. The van der Waals surface area contributed by atoms with Crippen molar-refractivity contribution in [2.24, 2.45) is 5.41 Å². The minimum absolute atomic E-state index is 0.0193. The summed E-state index contributed by atoms with van der Waals surface area (Å²) in [6.45, 7) is 10.4. The second-order valence-corrected chi connectivity index (χ2v) is 17.5. The maximum absolute atomic E-state index is 14.7. The van der Waals surface area contributed by atoms with Gasteiger partial charge < -0.3 is 19.2 Å². The van der Waals surface area contributed by atoms with Gasteiger partial charge in [0, 0.05) is 28.8 Å². The standard InChI is InChI=1S/C29H36F6N2O4Si/c1-26(2,3)42(6,7)41-20(15-30)19-14-16(10-13-36-19)37-25(38)24-21(17-8-9-18(31)22(32)23(17)39-5)27(4)11-12-28(27,40-24)29(33,34)35/h8-10,13-14,20-21,24H,11-12,15H2,1-7H3,(H,36,37,38)/t20?,21-,24+,27+,28+/m0/s1. The maximum Gasteiger partial charge on any atom is 0.418 e. The molecule has 1 aliphatic heterocycles. The van der Waals surface area contributed by atoms with Gasteiger partial charge in [-0.25, -0.2) is 8.78 Å². The minimum atomic E-state index is -4.85. The number of amides is 1. The zero-order valence-corrected chi connectivity index (χ0v) is 25.6. The van der Waals surface area contributed by atoms with Gasteiger partial charge in [0.2, 0.25) is 5.82 Å². The summed E-state index contributed by atoms with van der Waals surface area (Å²) >= 11 is 0. The largest absolute Gasteiger partial charge is 0.493 e. The Bertz CT molecular complexity index is 1350. The molecule has 1 unspecified atom stereocenters. The number of methoxy groups -OCH3 is 1. The van der Waals surface area contributed by atoms with Gasteiger partial charge in [0.1, 0.15) is 18.9 Å². The van der Waals surface area contributed by atoms with Gasteiger partial charge >= 0.3 is 6.18 Å². The Labute approximate surface area is 242 Å². The zero-order valence-electron chi connectivity index (χ0n) is 24.6. The molecule has 1 amide bonds. The molecule has 2 aliphatic rings. The second kappa shape index (κ2) is 10.8.